The first-order valence-electron chi connectivity index (χ1n) is 8.79. The van der Waals surface area contributed by atoms with Crippen LogP contribution in [0, 0.1) is 12.8 Å². The fraction of sp³-hybridized carbons (Fsp3) is 0.400. The summed E-state index contributed by atoms with van der Waals surface area (Å²) in [6.45, 7) is 2.92. The topological polar surface area (TPSA) is 88.8 Å². The number of aryl methyl sites for hydroxylation is 1. The Morgan fingerprint density at radius 3 is 2.77 bits per heavy atom. The molecule has 1 aliphatic rings. The lowest BCUT2D eigenvalue weighted by atomic mass is 9.89. The molecule has 2 unspecified atom stereocenters. The highest BCUT2D eigenvalue weighted by Crippen LogP contribution is 2.33. The lowest BCUT2D eigenvalue weighted by Gasteiger charge is -2.32. The Bertz CT molecular complexity index is 768. The van der Waals surface area contributed by atoms with E-state index in [1.807, 2.05) is 30.3 Å². The van der Waals surface area contributed by atoms with Crippen LogP contribution in [0.5, 0.6) is 0 Å². The summed E-state index contributed by atoms with van der Waals surface area (Å²) < 4.78 is 11.2. The van der Waals surface area contributed by atoms with E-state index in [0.29, 0.717) is 24.3 Å². The Morgan fingerprint density at radius 1 is 1.27 bits per heavy atom. The normalized spacial score (nSPS) is 19.9. The molecule has 2 aromatic rings. The van der Waals surface area contributed by atoms with Crippen LogP contribution in [0.4, 0.5) is 0 Å². The standard InChI is InChI=1S/C20H23NO5/c1-13-12-26-16(10-17(22)23)18(13)20(24)21-11-15-8-5-9-25-19(15)14-6-3-2-4-7-14/h2-4,6-7,12,15,19H,5,8-11H2,1H3,(H,21,24)(H,22,23). The first-order chi connectivity index (χ1) is 12.6. The Kier molecular flexibility index (Phi) is 5.73. The van der Waals surface area contributed by atoms with Crippen LogP contribution in [0.1, 0.15) is 46.2 Å². The molecular weight excluding hydrogens is 334 g/mol. The van der Waals surface area contributed by atoms with E-state index in [4.69, 9.17) is 14.3 Å². The average Bonchev–Trinajstić information content (AvgIpc) is 3.00. The molecule has 0 saturated carbocycles. The molecule has 1 aromatic heterocycles. The third kappa shape index (κ3) is 4.14. The molecule has 2 heterocycles. The second-order valence-corrected chi connectivity index (χ2v) is 6.60. The van der Waals surface area contributed by atoms with Gasteiger partial charge in [0, 0.05) is 24.6 Å². The van der Waals surface area contributed by atoms with Crippen molar-refractivity contribution < 1.29 is 23.8 Å². The number of amides is 1. The van der Waals surface area contributed by atoms with E-state index in [-0.39, 0.29) is 30.1 Å². The molecule has 1 aliphatic heterocycles. The van der Waals surface area contributed by atoms with Crippen molar-refractivity contribution in [1.82, 2.24) is 5.32 Å². The number of carboxylic acids is 1. The Hall–Kier alpha value is -2.60. The van der Waals surface area contributed by atoms with Crippen molar-refractivity contribution in [1.29, 1.82) is 0 Å². The minimum Gasteiger partial charge on any atom is -0.481 e. The molecule has 6 nitrogen and oxygen atoms in total. The van der Waals surface area contributed by atoms with E-state index in [1.165, 1.54) is 6.26 Å². The molecule has 1 aromatic carbocycles. The Morgan fingerprint density at radius 2 is 2.04 bits per heavy atom. The molecule has 0 aliphatic carbocycles. The Balaban J connectivity index is 1.68. The van der Waals surface area contributed by atoms with Crippen LogP contribution in [-0.2, 0) is 16.0 Å². The van der Waals surface area contributed by atoms with Gasteiger partial charge in [0.15, 0.2) is 0 Å². The number of hydrogen-bond acceptors (Lipinski definition) is 4. The zero-order valence-electron chi connectivity index (χ0n) is 14.7. The number of carbonyl (C=O) groups is 2. The van der Waals surface area contributed by atoms with Gasteiger partial charge in [-0.2, -0.15) is 0 Å². The van der Waals surface area contributed by atoms with Gasteiger partial charge >= 0.3 is 5.97 Å². The number of aliphatic carboxylic acids is 1. The Labute approximate surface area is 152 Å². The van der Waals surface area contributed by atoms with Gasteiger partial charge in [-0.3, -0.25) is 9.59 Å². The average molecular weight is 357 g/mol. The molecule has 3 rings (SSSR count). The maximum atomic E-state index is 12.6. The van der Waals surface area contributed by atoms with Crippen molar-refractivity contribution in [2.75, 3.05) is 13.2 Å². The van der Waals surface area contributed by atoms with Crippen LogP contribution in [0.3, 0.4) is 0 Å². The van der Waals surface area contributed by atoms with Crippen LogP contribution in [-0.4, -0.2) is 30.1 Å². The second-order valence-electron chi connectivity index (χ2n) is 6.60. The van der Waals surface area contributed by atoms with E-state index < -0.39 is 5.97 Å². The third-order valence-electron chi connectivity index (χ3n) is 4.69. The van der Waals surface area contributed by atoms with Gasteiger partial charge in [-0.1, -0.05) is 30.3 Å². The molecule has 1 saturated heterocycles. The van der Waals surface area contributed by atoms with Crippen molar-refractivity contribution in [3.05, 3.63) is 59.0 Å². The fourth-order valence-corrected chi connectivity index (χ4v) is 3.45. The predicted molar refractivity (Wildman–Crippen MR) is 95.0 cm³/mol. The molecule has 1 fully saturated rings. The predicted octanol–water partition coefficient (Wildman–Crippen LogP) is 3.11. The molecular formula is C20H23NO5. The number of nitrogens with one attached hydrogen (secondary N) is 1. The third-order valence-corrected chi connectivity index (χ3v) is 4.69. The maximum absolute atomic E-state index is 12.6. The van der Waals surface area contributed by atoms with Gasteiger partial charge in [0.05, 0.1) is 17.9 Å². The minimum atomic E-state index is -1.03. The smallest absolute Gasteiger partial charge is 0.311 e. The summed E-state index contributed by atoms with van der Waals surface area (Å²) in [5.41, 5.74) is 2.07. The van der Waals surface area contributed by atoms with Crippen molar-refractivity contribution in [3.8, 4) is 0 Å². The van der Waals surface area contributed by atoms with Crippen LogP contribution in [0.15, 0.2) is 41.0 Å². The number of furan rings is 1. The van der Waals surface area contributed by atoms with E-state index in [2.05, 4.69) is 5.32 Å². The number of hydrogen-bond donors (Lipinski definition) is 2. The van der Waals surface area contributed by atoms with Gasteiger partial charge in [-0.25, -0.2) is 0 Å². The van der Waals surface area contributed by atoms with Crippen LogP contribution < -0.4 is 5.32 Å². The van der Waals surface area contributed by atoms with Crippen molar-refractivity contribution in [3.63, 3.8) is 0 Å². The van der Waals surface area contributed by atoms with Crippen LogP contribution in [0.25, 0.3) is 0 Å². The van der Waals surface area contributed by atoms with E-state index >= 15 is 0 Å². The van der Waals surface area contributed by atoms with Gasteiger partial charge in [0.2, 0.25) is 0 Å². The number of rotatable bonds is 6. The van der Waals surface area contributed by atoms with Gasteiger partial charge < -0.3 is 19.6 Å². The van der Waals surface area contributed by atoms with E-state index in [0.717, 1.165) is 18.4 Å². The van der Waals surface area contributed by atoms with Crippen molar-refractivity contribution in [2.45, 2.75) is 32.3 Å². The first kappa shape index (κ1) is 18.2. The molecule has 138 valence electrons. The monoisotopic (exact) mass is 357 g/mol. The summed E-state index contributed by atoms with van der Waals surface area (Å²) >= 11 is 0. The lowest BCUT2D eigenvalue weighted by Crippen LogP contribution is -2.35. The zero-order chi connectivity index (χ0) is 18.5. The van der Waals surface area contributed by atoms with Crippen LogP contribution >= 0.6 is 0 Å². The second kappa shape index (κ2) is 8.19. The lowest BCUT2D eigenvalue weighted by molar-refractivity contribution is -0.136. The van der Waals surface area contributed by atoms with E-state index in [1.54, 1.807) is 6.92 Å². The highest BCUT2D eigenvalue weighted by Gasteiger charge is 2.28. The number of benzene rings is 1. The van der Waals surface area contributed by atoms with Gasteiger partial charge in [0.1, 0.15) is 12.2 Å². The maximum Gasteiger partial charge on any atom is 0.311 e. The fourth-order valence-electron chi connectivity index (χ4n) is 3.45. The zero-order valence-corrected chi connectivity index (χ0v) is 14.7. The van der Waals surface area contributed by atoms with Gasteiger partial charge in [-0.15, -0.1) is 0 Å². The summed E-state index contributed by atoms with van der Waals surface area (Å²) in [5, 5.41) is 11.9. The van der Waals surface area contributed by atoms with Crippen LogP contribution in [0.2, 0.25) is 0 Å². The van der Waals surface area contributed by atoms with E-state index in [9.17, 15) is 9.59 Å². The molecule has 6 heteroatoms. The number of carbonyl (C=O) groups excluding carboxylic acids is 1. The highest BCUT2D eigenvalue weighted by atomic mass is 16.5. The first-order valence-corrected chi connectivity index (χ1v) is 8.79. The summed E-state index contributed by atoms with van der Waals surface area (Å²) in [6.07, 6.45) is 2.99. The number of ether oxygens (including phenoxy) is 1. The molecule has 26 heavy (non-hydrogen) atoms. The summed E-state index contributed by atoms with van der Waals surface area (Å²) in [5.74, 6) is -0.972. The molecule has 0 radical (unpaired) electrons. The molecule has 0 spiro atoms. The quantitative estimate of drug-likeness (QED) is 0.829. The summed E-state index contributed by atoms with van der Waals surface area (Å²) in [4.78, 5) is 23.6. The largest absolute Gasteiger partial charge is 0.481 e. The SMILES string of the molecule is Cc1coc(CC(=O)O)c1C(=O)NCC1CCCOC1c1ccccc1. The minimum absolute atomic E-state index is 0.0470. The van der Waals surface area contributed by atoms with Gasteiger partial charge in [0.25, 0.3) is 5.91 Å². The number of carboxylic acid groups (broad SMARTS) is 1. The summed E-state index contributed by atoms with van der Waals surface area (Å²) in [6, 6.07) is 10.0. The molecule has 2 N–H and O–H groups in total. The molecule has 2 atom stereocenters. The van der Waals surface area contributed by atoms with Gasteiger partial charge in [-0.05, 0) is 25.3 Å². The molecule has 1 amide bonds. The highest BCUT2D eigenvalue weighted by molar-refractivity contribution is 5.97. The van der Waals surface area contributed by atoms with Crippen molar-refractivity contribution >= 4 is 11.9 Å². The molecule has 0 bridgehead atoms. The van der Waals surface area contributed by atoms with Crippen molar-refractivity contribution in [2.24, 2.45) is 5.92 Å². The summed E-state index contributed by atoms with van der Waals surface area (Å²) in [7, 11) is 0.